The van der Waals surface area contributed by atoms with Crippen LogP contribution in [0.3, 0.4) is 0 Å². The Kier molecular flexibility index (Phi) is 4.72. The zero-order chi connectivity index (χ0) is 13.1. The van der Waals surface area contributed by atoms with Gasteiger partial charge < -0.3 is 10.5 Å². The van der Waals surface area contributed by atoms with E-state index in [0.29, 0.717) is 11.4 Å². The molecule has 5 nitrogen and oxygen atoms in total. The molecule has 0 spiro atoms. The minimum atomic E-state index is -3.60. The number of nitrogens with two attached hydrogens (primary N) is 1. The third kappa shape index (κ3) is 4.49. The number of thiocarbonyl (C=S) groups is 1. The van der Waals surface area contributed by atoms with Crippen molar-refractivity contribution in [2.24, 2.45) is 5.73 Å². The van der Waals surface area contributed by atoms with Crippen molar-refractivity contribution in [3.05, 3.63) is 22.7 Å². The van der Waals surface area contributed by atoms with Crippen LogP contribution in [0.5, 0.6) is 5.75 Å². The summed E-state index contributed by atoms with van der Waals surface area (Å²) >= 11 is 7.81. The second kappa shape index (κ2) is 5.65. The Labute approximate surface area is 114 Å². The molecule has 1 aromatic rings. The molecule has 3 N–H and O–H groups in total. The first-order valence-electron chi connectivity index (χ1n) is 4.46. The summed E-state index contributed by atoms with van der Waals surface area (Å²) in [6.45, 7) is 0. The first-order valence-corrected chi connectivity index (χ1v) is 7.32. The number of methoxy groups -OCH3 is 1. The number of ether oxygens (including phenoxy) is 1. The summed E-state index contributed by atoms with van der Waals surface area (Å²) in [5.74, 6) is 0.0116. The topological polar surface area (TPSA) is 81.4 Å². The summed E-state index contributed by atoms with van der Waals surface area (Å²) in [7, 11) is -2.15. The van der Waals surface area contributed by atoms with Gasteiger partial charge in [-0.15, -0.1) is 0 Å². The van der Waals surface area contributed by atoms with Gasteiger partial charge in [0.2, 0.25) is 10.0 Å². The van der Waals surface area contributed by atoms with Crippen molar-refractivity contribution in [2.45, 2.75) is 0 Å². The number of hydrogen-bond acceptors (Lipinski definition) is 4. The molecule has 0 unspecified atom stereocenters. The molecule has 8 heteroatoms. The summed E-state index contributed by atoms with van der Waals surface area (Å²) in [5.41, 5.74) is 5.54. The van der Waals surface area contributed by atoms with Crippen LogP contribution in [0.2, 0.25) is 0 Å². The van der Waals surface area contributed by atoms with Crippen LogP contribution in [0.4, 0.5) is 5.69 Å². The Morgan fingerprint density at radius 1 is 1.59 bits per heavy atom. The summed E-state index contributed by atoms with van der Waals surface area (Å²) in [4.78, 5) is -0.0912. The number of sulfonamides is 1. The van der Waals surface area contributed by atoms with Crippen molar-refractivity contribution >= 4 is 48.8 Å². The molecule has 0 radical (unpaired) electrons. The Morgan fingerprint density at radius 3 is 2.76 bits per heavy atom. The number of hydrogen-bond donors (Lipinski definition) is 2. The molecule has 0 aromatic heterocycles. The average molecular weight is 339 g/mol. The van der Waals surface area contributed by atoms with E-state index in [2.05, 4.69) is 32.9 Å². The van der Waals surface area contributed by atoms with Gasteiger partial charge in [0.05, 0.1) is 17.8 Å². The lowest BCUT2D eigenvalue weighted by Crippen LogP contribution is -2.26. The molecule has 17 heavy (non-hydrogen) atoms. The molecule has 0 aliphatic carbocycles. The lowest BCUT2D eigenvalue weighted by atomic mass is 10.3. The van der Waals surface area contributed by atoms with E-state index < -0.39 is 15.8 Å². The molecule has 1 rings (SSSR count). The zero-order valence-corrected chi connectivity index (χ0v) is 12.2. The van der Waals surface area contributed by atoms with Gasteiger partial charge in [-0.3, -0.25) is 4.72 Å². The Hall–Kier alpha value is -0.860. The van der Waals surface area contributed by atoms with Crippen LogP contribution in [0, 0.1) is 0 Å². The van der Waals surface area contributed by atoms with Crippen LogP contribution in [0.1, 0.15) is 0 Å². The first kappa shape index (κ1) is 14.2. The molecule has 0 atom stereocenters. The number of nitrogens with one attached hydrogen (secondary N) is 1. The molecule has 94 valence electrons. The van der Waals surface area contributed by atoms with Crippen LogP contribution < -0.4 is 15.2 Å². The standard InChI is InChI=1S/C9H11BrN2O3S2/c1-15-8-3-2-6(10)4-7(8)12-17(13,14)5-9(11)16/h2-4,12H,5H2,1H3,(H2,11,16). The van der Waals surface area contributed by atoms with E-state index >= 15 is 0 Å². The minimum absolute atomic E-state index is 0.0912. The van der Waals surface area contributed by atoms with E-state index in [-0.39, 0.29) is 4.99 Å². The van der Waals surface area contributed by atoms with Gasteiger partial charge in [0.25, 0.3) is 0 Å². The smallest absolute Gasteiger partial charge is 0.239 e. The molecule has 0 aliphatic heterocycles. The molecule has 0 aliphatic rings. The highest BCUT2D eigenvalue weighted by Gasteiger charge is 2.14. The quantitative estimate of drug-likeness (QED) is 0.795. The van der Waals surface area contributed by atoms with Crippen LogP contribution in [-0.2, 0) is 10.0 Å². The van der Waals surface area contributed by atoms with E-state index in [4.69, 9.17) is 10.5 Å². The Morgan fingerprint density at radius 2 is 2.24 bits per heavy atom. The van der Waals surface area contributed by atoms with E-state index in [0.717, 1.165) is 4.47 Å². The van der Waals surface area contributed by atoms with Crippen LogP contribution >= 0.6 is 28.1 Å². The molecule has 0 saturated heterocycles. The molecule has 1 aromatic carbocycles. The predicted molar refractivity (Wildman–Crippen MR) is 74.9 cm³/mol. The number of anilines is 1. The van der Waals surface area contributed by atoms with Crippen LogP contribution in [0.15, 0.2) is 22.7 Å². The number of benzene rings is 1. The number of halogens is 1. The third-order valence-electron chi connectivity index (χ3n) is 1.76. The van der Waals surface area contributed by atoms with Crippen molar-refractivity contribution in [1.29, 1.82) is 0 Å². The molecule has 0 bridgehead atoms. The highest BCUT2D eigenvalue weighted by molar-refractivity contribution is 9.10. The molecule has 0 heterocycles. The summed E-state index contributed by atoms with van der Waals surface area (Å²) < 4.78 is 31.4. The lowest BCUT2D eigenvalue weighted by Gasteiger charge is -2.11. The predicted octanol–water partition coefficient (Wildman–Crippen LogP) is 1.49. The second-order valence-electron chi connectivity index (χ2n) is 3.17. The first-order chi connectivity index (χ1) is 7.84. The van der Waals surface area contributed by atoms with E-state index in [1.807, 2.05) is 0 Å². The van der Waals surface area contributed by atoms with Crippen molar-refractivity contribution in [3.8, 4) is 5.75 Å². The largest absolute Gasteiger partial charge is 0.495 e. The molecule has 0 saturated carbocycles. The molecule has 0 fully saturated rings. The highest BCUT2D eigenvalue weighted by atomic mass is 79.9. The summed E-state index contributed by atoms with van der Waals surface area (Å²) in [6, 6.07) is 4.98. The third-order valence-corrected chi connectivity index (χ3v) is 3.80. The van der Waals surface area contributed by atoms with Crippen molar-refractivity contribution in [1.82, 2.24) is 0 Å². The zero-order valence-electron chi connectivity index (χ0n) is 8.94. The maximum atomic E-state index is 11.6. The van der Waals surface area contributed by atoms with Gasteiger partial charge in [-0.25, -0.2) is 8.42 Å². The lowest BCUT2D eigenvalue weighted by molar-refractivity contribution is 0.417. The average Bonchev–Trinajstić information content (AvgIpc) is 2.14. The highest BCUT2D eigenvalue weighted by Crippen LogP contribution is 2.28. The van der Waals surface area contributed by atoms with Crippen molar-refractivity contribution < 1.29 is 13.2 Å². The monoisotopic (exact) mass is 338 g/mol. The van der Waals surface area contributed by atoms with Crippen LogP contribution in [-0.4, -0.2) is 26.3 Å². The van der Waals surface area contributed by atoms with Gasteiger partial charge in [-0.05, 0) is 18.2 Å². The SMILES string of the molecule is COc1ccc(Br)cc1NS(=O)(=O)CC(N)=S. The van der Waals surface area contributed by atoms with Crippen LogP contribution in [0.25, 0.3) is 0 Å². The van der Waals surface area contributed by atoms with Gasteiger partial charge >= 0.3 is 0 Å². The minimum Gasteiger partial charge on any atom is -0.495 e. The van der Waals surface area contributed by atoms with E-state index in [1.165, 1.54) is 7.11 Å². The van der Waals surface area contributed by atoms with Gasteiger partial charge in [-0.1, -0.05) is 28.1 Å². The van der Waals surface area contributed by atoms with E-state index in [1.54, 1.807) is 18.2 Å². The van der Waals surface area contributed by atoms with Gasteiger partial charge in [0.15, 0.2) is 0 Å². The second-order valence-corrected chi connectivity index (χ2v) is 6.33. The van der Waals surface area contributed by atoms with E-state index in [9.17, 15) is 8.42 Å². The van der Waals surface area contributed by atoms with Crippen molar-refractivity contribution in [2.75, 3.05) is 17.6 Å². The maximum Gasteiger partial charge on any atom is 0.239 e. The fraction of sp³-hybridized carbons (Fsp3) is 0.222. The maximum absolute atomic E-state index is 11.6. The molecule has 0 amide bonds. The Bertz CT molecular complexity index is 531. The summed E-state index contributed by atoms with van der Waals surface area (Å²) in [6.07, 6.45) is 0. The van der Waals surface area contributed by atoms with Crippen molar-refractivity contribution in [3.63, 3.8) is 0 Å². The number of rotatable bonds is 5. The fourth-order valence-electron chi connectivity index (χ4n) is 1.15. The van der Waals surface area contributed by atoms with Gasteiger partial charge in [-0.2, -0.15) is 0 Å². The van der Waals surface area contributed by atoms with Gasteiger partial charge in [0.1, 0.15) is 11.5 Å². The molecular formula is C9H11BrN2O3S2. The van der Waals surface area contributed by atoms with Gasteiger partial charge in [0, 0.05) is 4.47 Å². The Balaban J connectivity index is 3.02. The normalized spacial score (nSPS) is 10.9. The fourth-order valence-corrected chi connectivity index (χ4v) is 2.92. The molecular weight excluding hydrogens is 328 g/mol. The summed E-state index contributed by atoms with van der Waals surface area (Å²) in [5, 5.41) is 0.